The van der Waals surface area contributed by atoms with Gasteiger partial charge in [0.05, 0.1) is 30.2 Å². The maximum Gasteiger partial charge on any atom is 0.416 e. The molecule has 134 valence electrons. The molecule has 0 unspecified atom stereocenters. The number of hydrogen-bond acceptors (Lipinski definition) is 5. The molecule has 0 saturated heterocycles. The highest BCUT2D eigenvalue weighted by atomic mass is 19.4. The summed E-state index contributed by atoms with van der Waals surface area (Å²) in [6.45, 7) is 0.727. The van der Waals surface area contributed by atoms with Crippen LogP contribution < -0.4 is 4.90 Å². The van der Waals surface area contributed by atoms with E-state index in [9.17, 15) is 13.2 Å². The number of aliphatic hydroxyl groups is 2. The van der Waals surface area contributed by atoms with Gasteiger partial charge in [-0.05, 0) is 48.5 Å². The summed E-state index contributed by atoms with van der Waals surface area (Å²) in [4.78, 5) is 1.82. The smallest absolute Gasteiger partial charge is 0.395 e. The first-order valence-corrected chi connectivity index (χ1v) is 7.60. The van der Waals surface area contributed by atoms with Crippen molar-refractivity contribution < 1.29 is 23.4 Å². The summed E-state index contributed by atoms with van der Waals surface area (Å²) in [5.74, 6) is 0. The minimum atomic E-state index is -4.37. The Bertz CT molecular complexity index is 680. The molecule has 2 rings (SSSR count). The SMILES string of the molecule is OCCN(CCO)c1ccc(N=Nc2ccc(C(F)(F)F)cc2)cc1. The molecule has 25 heavy (non-hydrogen) atoms. The van der Waals surface area contributed by atoms with Gasteiger partial charge in [0.1, 0.15) is 0 Å². The van der Waals surface area contributed by atoms with Gasteiger partial charge in [-0.15, -0.1) is 0 Å². The Hall–Kier alpha value is -2.45. The lowest BCUT2D eigenvalue weighted by Gasteiger charge is -2.22. The molecule has 2 N–H and O–H groups in total. The van der Waals surface area contributed by atoms with Crippen molar-refractivity contribution in [3.8, 4) is 0 Å². The van der Waals surface area contributed by atoms with E-state index in [-0.39, 0.29) is 13.2 Å². The Labute approximate surface area is 143 Å². The van der Waals surface area contributed by atoms with Gasteiger partial charge in [0.25, 0.3) is 0 Å². The number of aliphatic hydroxyl groups excluding tert-OH is 2. The van der Waals surface area contributed by atoms with Crippen LogP contribution in [0.2, 0.25) is 0 Å². The molecule has 0 radical (unpaired) electrons. The first-order valence-electron chi connectivity index (χ1n) is 7.60. The van der Waals surface area contributed by atoms with Crippen molar-refractivity contribution in [3.63, 3.8) is 0 Å². The van der Waals surface area contributed by atoms with Gasteiger partial charge in [0.2, 0.25) is 0 Å². The lowest BCUT2D eigenvalue weighted by Crippen LogP contribution is -2.29. The number of anilines is 1. The highest BCUT2D eigenvalue weighted by Crippen LogP contribution is 2.30. The minimum absolute atomic E-state index is 0.0324. The number of benzene rings is 2. The van der Waals surface area contributed by atoms with Gasteiger partial charge in [-0.3, -0.25) is 0 Å². The predicted octanol–water partition coefficient (Wildman–Crippen LogP) is 3.91. The Kier molecular flexibility index (Phi) is 6.49. The second kappa shape index (κ2) is 8.59. The van der Waals surface area contributed by atoms with E-state index in [1.165, 1.54) is 12.1 Å². The largest absolute Gasteiger partial charge is 0.416 e. The zero-order valence-corrected chi connectivity index (χ0v) is 13.3. The van der Waals surface area contributed by atoms with Crippen LogP contribution in [0.25, 0.3) is 0 Å². The number of rotatable bonds is 7. The first kappa shape index (κ1) is 18.9. The Morgan fingerprint density at radius 1 is 0.760 bits per heavy atom. The van der Waals surface area contributed by atoms with Crippen molar-refractivity contribution >= 4 is 17.1 Å². The number of nitrogens with zero attached hydrogens (tertiary/aromatic N) is 3. The van der Waals surface area contributed by atoms with Crippen LogP contribution in [0.15, 0.2) is 58.8 Å². The summed E-state index contributed by atoms with van der Waals surface area (Å²) in [5, 5.41) is 26.0. The zero-order valence-electron chi connectivity index (χ0n) is 13.3. The number of halogens is 3. The minimum Gasteiger partial charge on any atom is -0.395 e. The van der Waals surface area contributed by atoms with E-state index in [0.29, 0.717) is 24.5 Å². The Morgan fingerprint density at radius 2 is 1.20 bits per heavy atom. The lowest BCUT2D eigenvalue weighted by atomic mass is 10.2. The molecule has 0 aliphatic rings. The van der Waals surface area contributed by atoms with Crippen molar-refractivity contribution in [1.29, 1.82) is 0 Å². The molecule has 0 spiro atoms. The molecule has 0 atom stereocenters. The molecular formula is C17H18F3N3O2. The van der Waals surface area contributed by atoms with Crippen LogP contribution in [-0.2, 0) is 6.18 Å². The van der Waals surface area contributed by atoms with Gasteiger partial charge in [0, 0.05) is 18.8 Å². The summed E-state index contributed by atoms with van der Waals surface area (Å²) in [5.41, 5.74) is 0.941. The van der Waals surface area contributed by atoms with Crippen LogP contribution >= 0.6 is 0 Å². The molecular weight excluding hydrogens is 335 g/mol. The number of azo groups is 1. The van der Waals surface area contributed by atoms with Crippen molar-refractivity contribution in [1.82, 2.24) is 0 Å². The van der Waals surface area contributed by atoms with Crippen LogP contribution in [0.3, 0.4) is 0 Å². The van der Waals surface area contributed by atoms with E-state index in [4.69, 9.17) is 10.2 Å². The van der Waals surface area contributed by atoms with Crippen molar-refractivity contribution in [2.45, 2.75) is 6.18 Å². The summed E-state index contributed by atoms with van der Waals surface area (Å²) in [6, 6.07) is 11.4. The molecule has 0 bridgehead atoms. The molecule has 0 aliphatic carbocycles. The van der Waals surface area contributed by atoms with Gasteiger partial charge in [-0.25, -0.2) is 0 Å². The molecule has 0 saturated carbocycles. The van der Waals surface area contributed by atoms with E-state index in [0.717, 1.165) is 17.8 Å². The van der Waals surface area contributed by atoms with E-state index < -0.39 is 11.7 Å². The van der Waals surface area contributed by atoms with Gasteiger partial charge in [0.15, 0.2) is 0 Å². The fraction of sp³-hybridized carbons (Fsp3) is 0.294. The van der Waals surface area contributed by atoms with Gasteiger partial charge in [-0.2, -0.15) is 23.4 Å². The fourth-order valence-corrected chi connectivity index (χ4v) is 2.17. The fourth-order valence-electron chi connectivity index (χ4n) is 2.17. The molecule has 0 amide bonds. The van der Waals surface area contributed by atoms with E-state index in [1.54, 1.807) is 24.3 Å². The Morgan fingerprint density at radius 3 is 1.60 bits per heavy atom. The number of hydrogen-bond donors (Lipinski definition) is 2. The third kappa shape index (κ3) is 5.54. The normalized spacial score (nSPS) is 11.9. The van der Waals surface area contributed by atoms with Crippen LogP contribution in [0.4, 0.5) is 30.2 Å². The van der Waals surface area contributed by atoms with Crippen molar-refractivity contribution in [2.24, 2.45) is 10.2 Å². The lowest BCUT2D eigenvalue weighted by molar-refractivity contribution is -0.137. The van der Waals surface area contributed by atoms with Crippen LogP contribution in [-0.4, -0.2) is 36.5 Å². The van der Waals surface area contributed by atoms with Crippen LogP contribution in [0.5, 0.6) is 0 Å². The second-order valence-electron chi connectivity index (χ2n) is 5.20. The zero-order chi connectivity index (χ0) is 18.3. The topological polar surface area (TPSA) is 68.4 Å². The van der Waals surface area contributed by atoms with E-state index in [1.807, 2.05) is 4.90 Å². The standard InChI is InChI=1S/C17H18F3N3O2/c18-17(19,20)13-1-3-14(4-2-13)21-22-15-5-7-16(8-6-15)23(9-11-24)10-12-25/h1-8,24-25H,9-12H2. The highest BCUT2D eigenvalue weighted by Gasteiger charge is 2.29. The van der Waals surface area contributed by atoms with Gasteiger partial charge in [-0.1, -0.05) is 0 Å². The third-order valence-electron chi connectivity index (χ3n) is 3.43. The second-order valence-corrected chi connectivity index (χ2v) is 5.20. The quantitative estimate of drug-likeness (QED) is 0.742. The maximum atomic E-state index is 12.5. The van der Waals surface area contributed by atoms with E-state index in [2.05, 4.69) is 10.2 Å². The maximum absolute atomic E-state index is 12.5. The summed E-state index contributed by atoms with van der Waals surface area (Å²) >= 11 is 0. The molecule has 5 nitrogen and oxygen atoms in total. The van der Waals surface area contributed by atoms with E-state index >= 15 is 0 Å². The monoisotopic (exact) mass is 353 g/mol. The van der Waals surface area contributed by atoms with Gasteiger partial charge >= 0.3 is 6.18 Å². The number of alkyl halides is 3. The summed E-state index contributed by atoms with van der Waals surface area (Å²) in [6.07, 6.45) is -4.37. The summed E-state index contributed by atoms with van der Waals surface area (Å²) in [7, 11) is 0. The Balaban J connectivity index is 2.06. The molecule has 2 aromatic rings. The first-order chi connectivity index (χ1) is 11.9. The van der Waals surface area contributed by atoms with Gasteiger partial charge < -0.3 is 15.1 Å². The van der Waals surface area contributed by atoms with Crippen LogP contribution in [0.1, 0.15) is 5.56 Å². The predicted molar refractivity (Wildman–Crippen MR) is 88.4 cm³/mol. The average Bonchev–Trinajstić information content (AvgIpc) is 2.60. The molecule has 8 heteroatoms. The highest BCUT2D eigenvalue weighted by molar-refractivity contribution is 5.53. The van der Waals surface area contributed by atoms with Crippen molar-refractivity contribution in [3.05, 3.63) is 54.1 Å². The molecule has 0 aromatic heterocycles. The van der Waals surface area contributed by atoms with Crippen LogP contribution in [0, 0.1) is 0 Å². The van der Waals surface area contributed by atoms with Crippen molar-refractivity contribution in [2.75, 3.05) is 31.2 Å². The summed E-state index contributed by atoms with van der Waals surface area (Å²) < 4.78 is 37.5. The molecule has 0 aliphatic heterocycles. The average molecular weight is 353 g/mol. The molecule has 2 aromatic carbocycles. The third-order valence-corrected chi connectivity index (χ3v) is 3.43. The molecule has 0 heterocycles. The molecule has 0 fully saturated rings.